The van der Waals surface area contributed by atoms with Gasteiger partial charge in [-0.15, -0.1) is 0 Å². The summed E-state index contributed by atoms with van der Waals surface area (Å²) in [6.07, 6.45) is 1.09. The van der Waals surface area contributed by atoms with Gasteiger partial charge in [0.1, 0.15) is 0 Å². The summed E-state index contributed by atoms with van der Waals surface area (Å²) in [6, 6.07) is 12.7. The minimum absolute atomic E-state index is 0.940. The number of rotatable bonds is 2. The van der Waals surface area contributed by atoms with Crippen LogP contribution < -0.4 is 0 Å². The molecule has 27 heavy (non-hydrogen) atoms. The molecule has 4 nitrogen and oxygen atoms in total. The van der Waals surface area contributed by atoms with Crippen molar-refractivity contribution in [3.8, 4) is 0 Å². The Morgan fingerprint density at radius 3 is 1.30 bits per heavy atom. The highest BCUT2D eigenvalue weighted by molar-refractivity contribution is 6.41. The van der Waals surface area contributed by atoms with Gasteiger partial charge >= 0.3 is 0 Å². The number of aliphatic imine (C=N–C) groups is 2. The van der Waals surface area contributed by atoms with E-state index in [-0.39, 0.29) is 0 Å². The number of benzene rings is 2. The highest BCUT2D eigenvalue weighted by Crippen LogP contribution is 2.27. The van der Waals surface area contributed by atoms with Crippen LogP contribution in [0.25, 0.3) is 0 Å². The van der Waals surface area contributed by atoms with Crippen molar-refractivity contribution >= 4 is 23.0 Å². The monoisotopic (exact) mass is 362 g/mol. The van der Waals surface area contributed by atoms with Crippen LogP contribution in [0.4, 0.5) is 11.4 Å². The van der Waals surface area contributed by atoms with Gasteiger partial charge < -0.3 is 9.80 Å². The molecule has 2 aromatic carbocycles. The maximum atomic E-state index is 5.12. The third kappa shape index (κ3) is 4.05. The summed E-state index contributed by atoms with van der Waals surface area (Å²) in [6.45, 7) is 10.4. The van der Waals surface area contributed by atoms with E-state index in [9.17, 15) is 0 Å². The number of amidine groups is 2. The molecule has 0 spiro atoms. The van der Waals surface area contributed by atoms with E-state index >= 15 is 0 Å². The van der Waals surface area contributed by atoms with Crippen molar-refractivity contribution in [2.75, 3.05) is 27.2 Å². The van der Waals surface area contributed by atoms with Gasteiger partial charge in [0, 0.05) is 27.2 Å². The number of likely N-dealkylation sites (N-methyl/N-ethyl adjacent to an activating group) is 2. The Morgan fingerprint density at radius 1 is 0.630 bits per heavy atom. The summed E-state index contributed by atoms with van der Waals surface area (Å²) in [7, 11) is 4.23. The highest BCUT2D eigenvalue weighted by atomic mass is 15.3. The highest BCUT2D eigenvalue weighted by Gasteiger charge is 2.23. The standard InChI is InChI=1S/C23H30N4/c1-16-10-7-11-17(2)20(16)24-22-23(27(6)15-9-14-26(22)5)25-21-18(3)12-8-13-19(21)4/h7-8,10-13H,9,14-15H2,1-6H3/b24-22-,25-23+. The molecule has 1 aliphatic heterocycles. The molecule has 1 heterocycles. The predicted octanol–water partition coefficient (Wildman–Crippen LogP) is 4.95. The first-order valence-corrected chi connectivity index (χ1v) is 9.61. The molecule has 0 radical (unpaired) electrons. The lowest BCUT2D eigenvalue weighted by Gasteiger charge is -2.24. The zero-order chi connectivity index (χ0) is 19.6. The van der Waals surface area contributed by atoms with Crippen molar-refractivity contribution in [1.82, 2.24) is 9.80 Å². The topological polar surface area (TPSA) is 31.2 Å². The molecule has 0 unspecified atom stereocenters. The average Bonchev–Trinajstić information content (AvgIpc) is 2.74. The van der Waals surface area contributed by atoms with Gasteiger partial charge in [-0.25, -0.2) is 9.98 Å². The zero-order valence-electron chi connectivity index (χ0n) is 17.4. The fourth-order valence-corrected chi connectivity index (χ4v) is 3.54. The third-order valence-corrected chi connectivity index (χ3v) is 5.22. The smallest absolute Gasteiger partial charge is 0.172 e. The van der Waals surface area contributed by atoms with Crippen LogP contribution in [-0.2, 0) is 0 Å². The van der Waals surface area contributed by atoms with E-state index in [1.54, 1.807) is 0 Å². The molecule has 0 bridgehead atoms. The molecule has 0 amide bonds. The molecule has 3 rings (SSSR count). The minimum Gasteiger partial charge on any atom is -0.357 e. The van der Waals surface area contributed by atoms with Crippen LogP contribution in [0, 0.1) is 27.7 Å². The number of hydrogen-bond donors (Lipinski definition) is 0. The first kappa shape index (κ1) is 19.2. The van der Waals surface area contributed by atoms with Crippen molar-refractivity contribution in [2.24, 2.45) is 9.98 Å². The van der Waals surface area contributed by atoms with E-state index in [2.05, 4.69) is 88.0 Å². The summed E-state index contributed by atoms with van der Waals surface area (Å²) in [4.78, 5) is 14.7. The van der Waals surface area contributed by atoms with Crippen LogP contribution in [0.2, 0.25) is 0 Å². The summed E-state index contributed by atoms with van der Waals surface area (Å²) in [5.74, 6) is 1.88. The molecule has 1 saturated heterocycles. The molecular formula is C23H30N4. The summed E-state index contributed by atoms with van der Waals surface area (Å²) < 4.78 is 0. The second-order valence-electron chi connectivity index (χ2n) is 7.55. The average molecular weight is 363 g/mol. The fraction of sp³-hybridized carbons (Fsp3) is 0.391. The van der Waals surface area contributed by atoms with Gasteiger partial charge in [-0.1, -0.05) is 36.4 Å². The molecule has 0 atom stereocenters. The van der Waals surface area contributed by atoms with Crippen molar-refractivity contribution in [2.45, 2.75) is 34.1 Å². The lowest BCUT2D eigenvalue weighted by Crippen LogP contribution is -2.38. The van der Waals surface area contributed by atoms with E-state index < -0.39 is 0 Å². The molecule has 1 fully saturated rings. The molecule has 1 aliphatic rings. The molecule has 0 aliphatic carbocycles. The van der Waals surface area contributed by atoms with Crippen LogP contribution in [0.3, 0.4) is 0 Å². The van der Waals surface area contributed by atoms with Gasteiger partial charge in [0.05, 0.1) is 11.4 Å². The van der Waals surface area contributed by atoms with Gasteiger partial charge in [-0.2, -0.15) is 0 Å². The van der Waals surface area contributed by atoms with Crippen LogP contribution in [-0.4, -0.2) is 48.7 Å². The fourth-order valence-electron chi connectivity index (χ4n) is 3.54. The number of aryl methyl sites for hydroxylation is 4. The van der Waals surface area contributed by atoms with Gasteiger partial charge in [0.15, 0.2) is 11.7 Å². The molecule has 4 heteroatoms. The van der Waals surface area contributed by atoms with Gasteiger partial charge in [-0.3, -0.25) is 0 Å². The molecule has 142 valence electrons. The molecule has 0 saturated carbocycles. The van der Waals surface area contributed by atoms with Crippen molar-refractivity contribution in [1.29, 1.82) is 0 Å². The Bertz CT molecular complexity index is 781. The van der Waals surface area contributed by atoms with Crippen LogP contribution in [0.1, 0.15) is 28.7 Å². The molecule has 0 aromatic heterocycles. The van der Waals surface area contributed by atoms with E-state index in [4.69, 9.17) is 9.98 Å². The predicted molar refractivity (Wildman–Crippen MR) is 116 cm³/mol. The quantitative estimate of drug-likeness (QED) is 0.757. The first-order chi connectivity index (χ1) is 12.9. The lowest BCUT2D eigenvalue weighted by atomic mass is 10.1. The maximum Gasteiger partial charge on any atom is 0.172 e. The van der Waals surface area contributed by atoms with Crippen molar-refractivity contribution in [3.05, 3.63) is 58.7 Å². The molecule has 0 N–H and O–H groups in total. The zero-order valence-corrected chi connectivity index (χ0v) is 17.4. The van der Waals surface area contributed by atoms with Gasteiger partial charge in [0.25, 0.3) is 0 Å². The van der Waals surface area contributed by atoms with Gasteiger partial charge in [0.2, 0.25) is 0 Å². The molecular weight excluding hydrogens is 332 g/mol. The number of hydrogen-bond acceptors (Lipinski definition) is 2. The summed E-state index contributed by atoms with van der Waals surface area (Å²) >= 11 is 0. The van der Waals surface area contributed by atoms with E-state index in [0.29, 0.717) is 0 Å². The van der Waals surface area contributed by atoms with Crippen molar-refractivity contribution in [3.63, 3.8) is 0 Å². The summed E-state index contributed by atoms with van der Waals surface area (Å²) in [5.41, 5.74) is 6.85. The Kier molecular flexibility index (Phi) is 5.64. The summed E-state index contributed by atoms with van der Waals surface area (Å²) in [5, 5.41) is 0. The largest absolute Gasteiger partial charge is 0.357 e. The van der Waals surface area contributed by atoms with Crippen LogP contribution in [0.15, 0.2) is 46.4 Å². The second-order valence-corrected chi connectivity index (χ2v) is 7.55. The SMILES string of the molecule is Cc1cccc(C)c1/N=C1/C(=N\c2c(C)cccc2C)N(C)CCCN1C. The Hall–Kier alpha value is -2.62. The minimum atomic E-state index is 0.940. The first-order valence-electron chi connectivity index (χ1n) is 9.61. The van der Waals surface area contributed by atoms with Crippen LogP contribution in [0.5, 0.6) is 0 Å². The van der Waals surface area contributed by atoms with E-state index in [1.807, 2.05) is 0 Å². The Balaban J connectivity index is 2.21. The maximum absolute atomic E-state index is 5.12. The van der Waals surface area contributed by atoms with Crippen molar-refractivity contribution < 1.29 is 0 Å². The second kappa shape index (κ2) is 7.95. The lowest BCUT2D eigenvalue weighted by molar-refractivity contribution is 0.457. The number of para-hydroxylation sites is 2. The molecule has 2 aromatic rings. The number of nitrogens with zero attached hydrogens (tertiary/aromatic N) is 4. The van der Waals surface area contributed by atoms with Crippen LogP contribution >= 0.6 is 0 Å². The van der Waals surface area contributed by atoms with Gasteiger partial charge in [-0.05, 0) is 56.4 Å². The Labute approximate surface area is 163 Å². The Morgan fingerprint density at radius 2 is 0.963 bits per heavy atom. The van der Waals surface area contributed by atoms with E-state index in [1.165, 1.54) is 22.3 Å². The van der Waals surface area contributed by atoms with E-state index in [0.717, 1.165) is 42.6 Å². The normalized spacial score (nSPS) is 18.3. The third-order valence-electron chi connectivity index (χ3n) is 5.22.